The lowest BCUT2D eigenvalue weighted by Crippen LogP contribution is -2.41. The third kappa shape index (κ3) is 2.48. The van der Waals surface area contributed by atoms with Crippen molar-refractivity contribution in [3.63, 3.8) is 0 Å². The molecule has 20 heavy (non-hydrogen) atoms. The Morgan fingerprint density at radius 3 is 2.30 bits per heavy atom. The van der Waals surface area contributed by atoms with Crippen molar-refractivity contribution in [3.05, 3.63) is 23.8 Å². The van der Waals surface area contributed by atoms with Crippen molar-refractivity contribution in [2.45, 2.75) is 45.8 Å². The summed E-state index contributed by atoms with van der Waals surface area (Å²) in [4.78, 5) is 11.2. The summed E-state index contributed by atoms with van der Waals surface area (Å²) in [5.41, 5.74) is 0.436. The highest BCUT2D eigenvalue weighted by atomic mass is 16.7. The van der Waals surface area contributed by atoms with E-state index >= 15 is 0 Å². The van der Waals surface area contributed by atoms with Gasteiger partial charge in [-0.05, 0) is 40.7 Å². The predicted octanol–water partition coefficient (Wildman–Crippen LogP) is 2.20. The van der Waals surface area contributed by atoms with Crippen LogP contribution in [-0.4, -0.2) is 31.2 Å². The van der Waals surface area contributed by atoms with Gasteiger partial charge in [0.05, 0.1) is 23.4 Å². The van der Waals surface area contributed by atoms with E-state index in [4.69, 9.17) is 14.0 Å². The summed E-state index contributed by atoms with van der Waals surface area (Å²) in [7, 11) is -0.526. The van der Waals surface area contributed by atoms with Gasteiger partial charge in [0.15, 0.2) is 6.29 Å². The number of carbonyl (C=O) groups is 1. The van der Waals surface area contributed by atoms with E-state index in [1.807, 2.05) is 46.8 Å². The Morgan fingerprint density at radius 2 is 1.80 bits per heavy atom. The number of ether oxygens (including phenoxy) is 1. The van der Waals surface area contributed by atoms with Gasteiger partial charge in [-0.1, -0.05) is 12.1 Å². The molecular weight excluding hydrogens is 255 g/mol. The van der Waals surface area contributed by atoms with Crippen LogP contribution in [-0.2, 0) is 9.31 Å². The molecule has 1 heterocycles. The quantitative estimate of drug-likeness (QED) is 0.624. The van der Waals surface area contributed by atoms with E-state index in [0.29, 0.717) is 17.9 Å². The Balaban J connectivity index is 2.42. The number of aldehydes is 1. The van der Waals surface area contributed by atoms with Crippen molar-refractivity contribution in [1.29, 1.82) is 0 Å². The first-order valence-corrected chi connectivity index (χ1v) is 6.89. The van der Waals surface area contributed by atoms with E-state index in [2.05, 4.69) is 0 Å². The van der Waals surface area contributed by atoms with Gasteiger partial charge in [-0.3, -0.25) is 4.79 Å². The summed E-state index contributed by atoms with van der Waals surface area (Å²) in [6, 6.07) is 5.42. The van der Waals surface area contributed by atoms with Gasteiger partial charge in [-0.25, -0.2) is 0 Å². The van der Waals surface area contributed by atoms with Gasteiger partial charge in [0.25, 0.3) is 0 Å². The second kappa shape index (κ2) is 5.22. The van der Waals surface area contributed by atoms with E-state index in [-0.39, 0.29) is 0 Å². The van der Waals surface area contributed by atoms with Gasteiger partial charge in [0, 0.05) is 5.46 Å². The highest BCUT2D eigenvalue weighted by molar-refractivity contribution is 6.63. The molecule has 0 saturated carbocycles. The van der Waals surface area contributed by atoms with Crippen molar-refractivity contribution in [1.82, 2.24) is 0 Å². The summed E-state index contributed by atoms with van der Waals surface area (Å²) < 4.78 is 17.7. The molecule has 1 aromatic rings. The molecule has 2 rings (SSSR count). The number of carbonyl (C=O) groups excluding carboxylic acids is 1. The van der Waals surface area contributed by atoms with Gasteiger partial charge < -0.3 is 14.0 Å². The predicted molar refractivity (Wildman–Crippen MR) is 78.7 cm³/mol. The standard InChI is InChI=1S/C15H21BO4/c1-6-18-13-11(10-17)8-7-9-12(13)16-19-14(2,3)15(4,5)20-16/h7-10H,6H2,1-5H3. The average Bonchev–Trinajstić information content (AvgIpc) is 2.59. The highest BCUT2D eigenvalue weighted by Gasteiger charge is 2.52. The molecule has 1 aliphatic heterocycles. The van der Waals surface area contributed by atoms with Gasteiger partial charge in [-0.2, -0.15) is 0 Å². The number of hydrogen-bond acceptors (Lipinski definition) is 4. The fraction of sp³-hybridized carbons (Fsp3) is 0.533. The fourth-order valence-electron chi connectivity index (χ4n) is 2.13. The molecule has 0 amide bonds. The first-order chi connectivity index (χ1) is 9.32. The van der Waals surface area contributed by atoms with Gasteiger partial charge in [0.2, 0.25) is 0 Å². The Bertz CT molecular complexity index is 495. The minimum Gasteiger partial charge on any atom is -0.493 e. The molecule has 1 aromatic carbocycles. The maximum absolute atomic E-state index is 11.2. The Morgan fingerprint density at radius 1 is 1.20 bits per heavy atom. The number of rotatable bonds is 4. The second-order valence-corrected chi connectivity index (χ2v) is 5.90. The zero-order valence-corrected chi connectivity index (χ0v) is 12.7. The van der Waals surface area contributed by atoms with Crippen LogP contribution in [0.4, 0.5) is 0 Å². The lowest BCUT2D eigenvalue weighted by molar-refractivity contribution is 0.00578. The molecule has 0 aromatic heterocycles. The second-order valence-electron chi connectivity index (χ2n) is 5.90. The van der Waals surface area contributed by atoms with Crippen molar-refractivity contribution >= 4 is 18.9 Å². The SMILES string of the molecule is CCOc1c(C=O)cccc1B1OC(C)(C)C(C)(C)O1. The molecule has 0 N–H and O–H groups in total. The molecule has 0 atom stereocenters. The van der Waals surface area contributed by atoms with Crippen LogP contribution in [0.15, 0.2) is 18.2 Å². The molecule has 0 unspecified atom stereocenters. The Labute approximate surface area is 120 Å². The molecule has 0 bridgehead atoms. The zero-order chi connectivity index (χ0) is 15.0. The van der Waals surface area contributed by atoms with Crippen LogP contribution in [0.5, 0.6) is 5.75 Å². The maximum atomic E-state index is 11.2. The summed E-state index contributed by atoms with van der Waals surface area (Å²) in [5, 5.41) is 0. The van der Waals surface area contributed by atoms with Crippen molar-refractivity contribution in [2.24, 2.45) is 0 Å². The lowest BCUT2D eigenvalue weighted by Gasteiger charge is -2.32. The number of hydrogen-bond donors (Lipinski definition) is 0. The molecule has 0 aliphatic carbocycles. The monoisotopic (exact) mass is 276 g/mol. The van der Waals surface area contributed by atoms with Crippen molar-refractivity contribution < 1.29 is 18.8 Å². The Hall–Kier alpha value is -1.33. The third-order valence-electron chi connectivity index (χ3n) is 4.00. The molecule has 1 fully saturated rings. The van der Waals surface area contributed by atoms with E-state index in [1.165, 1.54) is 0 Å². The largest absolute Gasteiger partial charge is 0.498 e. The summed E-state index contributed by atoms with van der Waals surface area (Å²) in [5.74, 6) is 0.545. The molecular formula is C15H21BO4. The Kier molecular flexibility index (Phi) is 3.94. The van der Waals surface area contributed by atoms with Crippen LogP contribution in [0.25, 0.3) is 0 Å². The topological polar surface area (TPSA) is 44.8 Å². The van der Waals surface area contributed by atoms with Gasteiger partial charge in [-0.15, -0.1) is 0 Å². The fourth-order valence-corrected chi connectivity index (χ4v) is 2.13. The highest BCUT2D eigenvalue weighted by Crippen LogP contribution is 2.37. The van der Waals surface area contributed by atoms with Crippen LogP contribution in [0.1, 0.15) is 45.0 Å². The minimum atomic E-state index is -0.526. The van der Waals surface area contributed by atoms with Crippen LogP contribution in [0.2, 0.25) is 0 Å². The average molecular weight is 276 g/mol. The normalized spacial score (nSPS) is 19.9. The van der Waals surface area contributed by atoms with Gasteiger partial charge >= 0.3 is 7.12 Å². The molecule has 1 saturated heterocycles. The number of para-hydroxylation sites is 1. The molecule has 4 nitrogen and oxygen atoms in total. The smallest absolute Gasteiger partial charge is 0.493 e. The maximum Gasteiger partial charge on any atom is 0.498 e. The van der Waals surface area contributed by atoms with E-state index in [0.717, 1.165) is 11.7 Å². The van der Waals surface area contributed by atoms with E-state index in [1.54, 1.807) is 6.07 Å². The minimum absolute atomic E-state index is 0.418. The summed E-state index contributed by atoms with van der Waals surface area (Å²) >= 11 is 0. The molecule has 0 radical (unpaired) electrons. The molecule has 0 spiro atoms. The first kappa shape index (κ1) is 15.1. The number of benzene rings is 1. The van der Waals surface area contributed by atoms with Gasteiger partial charge in [0.1, 0.15) is 5.75 Å². The van der Waals surface area contributed by atoms with E-state index in [9.17, 15) is 4.79 Å². The van der Waals surface area contributed by atoms with Crippen molar-refractivity contribution in [3.8, 4) is 5.75 Å². The van der Waals surface area contributed by atoms with Crippen LogP contribution in [0.3, 0.4) is 0 Å². The molecule has 5 heteroatoms. The molecule has 1 aliphatic rings. The van der Waals surface area contributed by atoms with E-state index < -0.39 is 18.3 Å². The summed E-state index contributed by atoms with van der Waals surface area (Å²) in [6.45, 7) is 10.4. The lowest BCUT2D eigenvalue weighted by atomic mass is 9.77. The first-order valence-electron chi connectivity index (χ1n) is 6.89. The summed E-state index contributed by atoms with van der Waals surface area (Å²) in [6.07, 6.45) is 0.791. The van der Waals surface area contributed by atoms with Crippen LogP contribution >= 0.6 is 0 Å². The van der Waals surface area contributed by atoms with Crippen LogP contribution < -0.4 is 10.2 Å². The van der Waals surface area contributed by atoms with Crippen LogP contribution in [0, 0.1) is 0 Å². The zero-order valence-electron chi connectivity index (χ0n) is 12.7. The third-order valence-corrected chi connectivity index (χ3v) is 4.00. The van der Waals surface area contributed by atoms with Crippen molar-refractivity contribution in [2.75, 3.05) is 6.61 Å². The molecule has 108 valence electrons.